The summed E-state index contributed by atoms with van der Waals surface area (Å²) in [5.41, 5.74) is 4.36. The molecule has 0 radical (unpaired) electrons. The molecule has 1 heteroatoms. The van der Waals surface area contributed by atoms with Gasteiger partial charge in [-0.3, -0.25) is 0 Å². The van der Waals surface area contributed by atoms with Crippen LogP contribution in [0.4, 0.5) is 0 Å². The Labute approximate surface area is 89.0 Å². The standard InChI is InChI=1S/C14H12N/c1-2-6-11-10(5-1)12-9-14(12)15-8-4-3-7-13(11)15/h1-8,12,14H,9H2/q+1. The topological polar surface area (TPSA) is 3.88 Å². The van der Waals surface area contributed by atoms with E-state index in [0.29, 0.717) is 0 Å². The lowest BCUT2D eigenvalue weighted by Crippen LogP contribution is -2.37. The molecule has 1 nitrogen and oxygen atoms in total. The lowest BCUT2D eigenvalue weighted by molar-refractivity contribution is -0.692. The summed E-state index contributed by atoms with van der Waals surface area (Å²) in [6.45, 7) is 0. The van der Waals surface area contributed by atoms with E-state index in [-0.39, 0.29) is 0 Å². The summed E-state index contributed by atoms with van der Waals surface area (Å²) >= 11 is 0. The second-order valence-corrected chi connectivity index (χ2v) is 4.49. The molecule has 1 aliphatic heterocycles. The first kappa shape index (κ1) is 7.63. The van der Waals surface area contributed by atoms with Crippen LogP contribution < -0.4 is 4.57 Å². The SMILES string of the molecule is c1ccc2c(c1)-c1cccc[n+]1C1CC21. The molecule has 0 amide bonds. The van der Waals surface area contributed by atoms with Gasteiger partial charge in [0, 0.05) is 24.1 Å². The highest BCUT2D eigenvalue weighted by Gasteiger charge is 2.52. The molecular weight excluding hydrogens is 182 g/mol. The largest absolute Gasteiger partial charge is 0.213 e. The minimum absolute atomic E-state index is 0.732. The van der Waals surface area contributed by atoms with Crippen molar-refractivity contribution in [1.82, 2.24) is 0 Å². The third-order valence-electron chi connectivity index (χ3n) is 3.64. The Morgan fingerprint density at radius 2 is 1.87 bits per heavy atom. The minimum Gasteiger partial charge on any atom is -0.195 e. The van der Waals surface area contributed by atoms with E-state index in [4.69, 9.17) is 0 Å². The summed E-state index contributed by atoms with van der Waals surface area (Å²) in [5, 5.41) is 0. The van der Waals surface area contributed by atoms with Gasteiger partial charge in [-0.2, -0.15) is 4.57 Å². The molecule has 2 atom stereocenters. The molecule has 72 valence electrons. The Morgan fingerprint density at radius 3 is 2.87 bits per heavy atom. The maximum absolute atomic E-state index is 2.44. The number of rotatable bonds is 0. The van der Waals surface area contributed by atoms with Gasteiger partial charge < -0.3 is 0 Å². The van der Waals surface area contributed by atoms with Crippen molar-refractivity contribution >= 4 is 0 Å². The van der Waals surface area contributed by atoms with Crippen molar-refractivity contribution in [3.8, 4) is 11.3 Å². The average molecular weight is 194 g/mol. The van der Waals surface area contributed by atoms with Gasteiger partial charge in [0.25, 0.3) is 0 Å². The van der Waals surface area contributed by atoms with E-state index in [9.17, 15) is 0 Å². The Bertz CT molecular complexity index is 495. The maximum Gasteiger partial charge on any atom is 0.213 e. The number of benzene rings is 1. The lowest BCUT2D eigenvalue weighted by Gasteiger charge is -2.12. The molecule has 0 spiro atoms. The van der Waals surface area contributed by atoms with E-state index in [1.165, 1.54) is 17.7 Å². The Balaban J connectivity index is 2.09. The molecule has 15 heavy (non-hydrogen) atoms. The van der Waals surface area contributed by atoms with Crippen LogP contribution in [0.25, 0.3) is 11.3 Å². The number of hydrogen-bond donors (Lipinski definition) is 0. The van der Waals surface area contributed by atoms with Crippen molar-refractivity contribution in [3.63, 3.8) is 0 Å². The number of nitrogens with zero attached hydrogens (tertiary/aromatic N) is 1. The van der Waals surface area contributed by atoms with Gasteiger partial charge >= 0.3 is 0 Å². The van der Waals surface area contributed by atoms with Gasteiger partial charge in [0.1, 0.15) is 0 Å². The van der Waals surface area contributed by atoms with Gasteiger partial charge in [-0.25, -0.2) is 0 Å². The number of fused-ring (bicyclic) bond motifs is 6. The summed E-state index contributed by atoms with van der Waals surface area (Å²) in [6, 6.07) is 16.1. The first-order chi connectivity index (χ1) is 7.45. The number of pyridine rings is 1. The molecule has 1 aromatic carbocycles. The van der Waals surface area contributed by atoms with Gasteiger partial charge in [-0.1, -0.05) is 18.2 Å². The van der Waals surface area contributed by atoms with Crippen molar-refractivity contribution in [1.29, 1.82) is 0 Å². The van der Waals surface area contributed by atoms with Crippen LogP contribution in [0.5, 0.6) is 0 Å². The Kier molecular flexibility index (Phi) is 1.26. The van der Waals surface area contributed by atoms with Crippen molar-refractivity contribution in [2.45, 2.75) is 18.4 Å². The molecule has 1 saturated carbocycles. The zero-order chi connectivity index (χ0) is 9.83. The van der Waals surface area contributed by atoms with Crippen LogP contribution in [0.15, 0.2) is 48.7 Å². The van der Waals surface area contributed by atoms with E-state index in [2.05, 4.69) is 53.2 Å². The fourth-order valence-electron chi connectivity index (χ4n) is 2.85. The molecule has 0 bridgehead atoms. The van der Waals surface area contributed by atoms with E-state index >= 15 is 0 Å². The van der Waals surface area contributed by atoms with Crippen LogP contribution >= 0.6 is 0 Å². The summed E-state index contributed by atoms with van der Waals surface area (Å²) < 4.78 is 2.44. The van der Waals surface area contributed by atoms with Crippen LogP contribution in [0.1, 0.15) is 23.9 Å². The van der Waals surface area contributed by atoms with Crippen molar-refractivity contribution in [2.24, 2.45) is 0 Å². The van der Waals surface area contributed by atoms with Gasteiger partial charge in [0.05, 0.1) is 5.92 Å². The van der Waals surface area contributed by atoms with Crippen molar-refractivity contribution in [2.75, 3.05) is 0 Å². The molecule has 2 aromatic rings. The molecule has 1 aliphatic carbocycles. The van der Waals surface area contributed by atoms with E-state index in [1.807, 2.05) is 0 Å². The third kappa shape index (κ3) is 0.904. The summed E-state index contributed by atoms with van der Waals surface area (Å²) in [6.07, 6.45) is 3.54. The second-order valence-electron chi connectivity index (χ2n) is 4.49. The summed E-state index contributed by atoms with van der Waals surface area (Å²) in [5.74, 6) is 0.779. The van der Waals surface area contributed by atoms with E-state index in [1.54, 1.807) is 5.56 Å². The van der Waals surface area contributed by atoms with Crippen LogP contribution in [0.3, 0.4) is 0 Å². The number of aromatic nitrogens is 1. The van der Waals surface area contributed by atoms with Gasteiger partial charge in [0.15, 0.2) is 12.2 Å². The highest BCUT2D eigenvalue weighted by Crippen LogP contribution is 2.53. The second kappa shape index (κ2) is 2.48. The van der Waals surface area contributed by atoms with Crippen molar-refractivity contribution < 1.29 is 4.57 Å². The predicted octanol–water partition coefficient (Wildman–Crippen LogP) is 2.68. The zero-order valence-corrected chi connectivity index (χ0v) is 8.43. The normalized spacial score (nSPS) is 25.1. The van der Waals surface area contributed by atoms with Gasteiger partial charge in [-0.15, -0.1) is 0 Å². The van der Waals surface area contributed by atoms with Crippen LogP contribution in [0, 0.1) is 0 Å². The fraction of sp³-hybridized carbons (Fsp3) is 0.214. The van der Waals surface area contributed by atoms with Crippen molar-refractivity contribution in [3.05, 3.63) is 54.2 Å². The monoisotopic (exact) mass is 194 g/mol. The van der Waals surface area contributed by atoms with Crippen LogP contribution in [-0.4, -0.2) is 0 Å². The summed E-state index contributed by atoms with van der Waals surface area (Å²) in [7, 11) is 0. The van der Waals surface area contributed by atoms with E-state index in [0.717, 1.165) is 12.0 Å². The molecule has 4 rings (SSSR count). The van der Waals surface area contributed by atoms with Gasteiger partial charge in [0.2, 0.25) is 5.69 Å². The maximum atomic E-state index is 2.44. The smallest absolute Gasteiger partial charge is 0.195 e. The fourth-order valence-corrected chi connectivity index (χ4v) is 2.85. The Hall–Kier alpha value is -1.63. The first-order valence-electron chi connectivity index (χ1n) is 5.54. The minimum atomic E-state index is 0.732. The molecular formula is C14H12N+. The van der Waals surface area contributed by atoms with E-state index < -0.39 is 0 Å². The highest BCUT2D eigenvalue weighted by molar-refractivity contribution is 5.64. The highest BCUT2D eigenvalue weighted by atomic mass is 15.1. The zero-order valence-electron chi connectivity index (χ0n) is 8.43. The van der Waals surface area contributed by atoms with Crippen LogP contribution in [-0.2, 0) is 0 Å². The third-order valence-corrected chi connectivity index (χ3v) is 3.64. The molecule has 2 heterocycles. The number of hydrogen-bond acceptors (Lipinski definition) is 0. The van der Waals surface area contributed by atoms with Gasteiger partial charge in [-0.05, 0) is 17.7 Å². The summed E-state index contributed by atoms with van der Waals surface area (Å²) in [4.78, 5) is 0. The quantitative estimate of drug-likeness (QED) is 0.568. The molecule has 2 aliphatic rings. The predicted molar refractivity (Wildman–Crippen MR) is 58.5 cm³/mol. The molecule has 0 saturated heterocycles. The molecule has 2 unspecified atom stereocenters. The molecule has 1 fully saturated rings. The Morgan fingerprint density at radius 1 is 1.00 bits per heavy atom. The molecule has 1 aromatic heterocycles. The molecule has 0 N–H and O–H groups in total. The first-order valence-corrected chi connectivity index (χ1v) is 5.54. The lowest BCUT2D eigenvalue weighted by atomic mass is 9.97. The average Bonchev–Trinajstić information content (AvgIpc) is 3.10. The van der Waals surface area contributed by atoms with Crippen LogP contribution in [0.2, 0.25) is 0 Å².